The molecule has 13 atom stereocenters. The molecule has 0 bridgehead atoms. The van der Waals surface area contributed by atoms with Gasteiger partial charge in [-0.3, -0.25) is 14.6 Å². The average molecular weight is 828 g/mol. The van der Waals surface area contributed by atoms with Gasteiger partial charge in [0.25, 0.3) is 5.91 Å². The lowest BCUT2D eigenvalue weighted by Crippen LogP contribution is -2.69. The second-order valence-electron chi connectivity index (χ2n) is 15.7. The second kappa shape index (κ2) is 22.2. The Morgan fingerprint density at radius 1 is 1.03 bits per heavy atom. The van der Waals surface area contributed by atoms with Gasteiger partial charge in [-0.1, -0.05) is 51.2 Å². The van der Waals surface area contributed by atoms with E-state index in [4.69, 9.17) is 39.9 Å². The SMILES string of the molecule is C=C1C[C@](OC)([C@H](O)C(=O)N[C@H]2OCO[C@H]3[C@@H]2O[C@H](C[C@H](O)CCC[C@H](O)[C@@H](O)/C=C/C=C/C(=O)N[C@@H](CCCN=C(N)N)C(=O)O)C(C)(C)[C@@H]3OC)O[C@H](C)[C@@H]1C. The van der Waals surface area contributed by atoms with Crippen molar-refractivity contribution in [1.82, 2.24) is 10.6 Å². The molecule has 3 aliphatic heterocycles. The molecule has 0 aromatic carbocycles. The zero-order chi connectivity index (χ0) is 43.4. The number of hydrogen-bond donors (Lipinski definition) is 9. The molecule has 330 valence electrons. The van der Waals surface area contributed by atoms with Gasteiger partial charge >= 0.3 is 5.97 Å². The van der Waals surface area contributed by atoms with E-state index < -0.39 is 90.1 Å². The summed E-state index contributed by atoms with van der Waals surface area (Å²) in [7, 11) is 2.89. The summed E-state index contributed by atoms with van der Waals surface area (Å²) >= 11 is 0. The number of carboxylic acid groups (broad SMARTS) is 1. The maximum absolute atomic E-state index is 13.5. The lowest BCUT2D eigenvalue weighted by Gasteiger charge is -2.54. The summed E-state index contributed by atoms with van der Waals surface area (Å²) in [6, 6.07) is -1.15. The maximum atomic E-state index is 13.5. The van der Waals surface area contributed by atoms with Crippen LogP contribution in [0.4, 0.5) is 0 Å². The Morgan fingerprint density at radius 2 is 1.74 bits per heavy atom. The standard InChI is InChI=1S/C39H65N5O14/c1-21-19-39(54-7,58-23(3)22(21)2)32(49)34(50)44-35-31-30(55-20-56-35)33(53-6)38(4,5)28(57-31)18-24(45)12-10-15-27(47)26(46)14-8-9-16-29(48)43-25(36(51)52)13-11-17-42-37(40)41/h8-9,14,16,22-28,30-33,35,45-47,49H,1,10-13,15,17-20H2,2-7H3,(H,43,48)(H,44,50)(H,51,52)(H4,40,41,42)/b14-8+,16-9+/t22-,23-,24-,25+,26+,27+,28-,30+,31+,32-,33-,35+,39-/m1/s1. The first-order valence-electron chi connectivity index (χ1n) is 19.6. The minimum absolute atomic E-state index is 0.00449. The van der Waals surface area contributed by atoms with Crippen LogP contribution in [0.2, 0.25) is 0 Å². The van der Waals surface area contributed by atoms with Gasteiger partial charge in [0.15, 0.2) is 18.3 Å². The number of amides is 2. The first-order chi connectivity index (χ1) is 27.3. The van der Waals surface area contributed by atoms with Crippen molar-refractivity contribution in [3.63, 3.8) is 0 Å². The van der Waals surface area contributed by atoms with E-state index >= 15 is 0 Å². The van der Waals surface area contributed by atoms with Gasteiger partial charge in [0.2, 0.25) is 11.7 Å². The van der Waals surface area contributed by atoms with E-state index in [1.54, 1.807) is 0 Å². The number of nitrogens with zero attached hydrogens (tertiary/aromatic N) is 1. The molecule has 19 nitrogen and oxygen atoms in total. The van der Waals surface area contributed by atoms with Crippen LogP contribution in [0.3, 0.4) is 0 Å². The molecule has 19 heteroatoms. The molecule has 11 N–H and O–H groups in total. The van der Waals surface area contributed by atoms with Gasteiger partial charge in [-0.15, -0.1) is 0 Å². The number of carbonyl (C=O) groups is 3. The number of aliphatic imine (C=N–C) groups is 1. The van der Waals surface area contributed by atoms with Crippen molar-refractivity contribution in [2.24, 2.45) is 27.8 Å². The van der Waals surface area contributed by atoms with Crippen LogP contribution >= 0.6 is 0 Å². The molecule has 0 aromatic heterocycles. The van der Waals surface area contributed by atoms with Crippen molar-refractivity contribution < 1.29 is 68.3 Å². The number of guanidine groups is 1. The zero-order valence-electron chi connectivity index (χ0n) is 34.3. The van der Waals surface area contributed by atoms with Gasteiger partial charge in [-0.25, -0.2) is 4.79 Å². The van der Waals surface area contributed by atoms with Gasteiger partial charge in [0.1, 0.15) is 25.0 Å². The predicted molar refractivity (Wildman–Crippen MR) is 209 cm³/mol. The maximum Gasteiger partial charge on any atom is 0.326 e. The number of aliphatic carboxylic acids is 1. The molecule has 3 aliphatic rings. The largest absolute Gasteiger partial charge is 0.480 e. The van der Waals surface area contributed by atoms with Crippen LogP contribution in [-0.4, -0.2) is 150 Å². The fourth-order valence-electron chi connectivity index (χ4n) is 7.46. The molecule has 3 rings (SSSR count). The number of nitrogens with one attached hydrogen (secondary N) is 2. The topological polar surface area (TPSA) is 296 Å². The summed E-state index contributed by atoms with van der Waals surface area (Å²) in [5.74, 6) is -4.46. The third kappa shape index (κ3) is 13.0. The third-order valence-electron chi connectivity index (χ3n) is 11.2. The Hall–Kier alpha value is -3.50. The van der Waals surface area contributed by atoms with E-state index in [1.165, 1.54) is 32.4 Å². The fourth-order valence-corrected chi connectivity index (χ4v) is 7.46. The molecule has 3 fully saturated rings. The van der Waals surface area contributed by atoms with Crippen LogP contribution in [0.5, 0.6) is 0 Å². The van der Waals surface area contributed by atoms with Crippen LogP contribution in [0.25, 0.3) is 0 Å². The van der Waals surface area contributed by atoms with E-state index in [1.807, 2.05) is 27.7 Å². The average Bonchev–Trinajstić information content (AvgIpc) is 3.16. The van der Waals surface area contributed by atoms with Gasteiger partial charge in [-0.2, -0.15) is 0 Å². The predicted octanol–water partition coefficient (Wildman–Crippen LogP) is -0.307. The van der Waals surface area contributed by atoms with Crippen LogP contribution in [-0.2, 0) is 42.8 Å². The highest BCUT2D eigenvalue weighted by atomic mass is 16.7. The Morgan fingerprint density at radius 3 is 2.36 bits per heavy atom. The summed E-state index contributed by atoms with van der Waals surface area (Å²) in [5, 5.41) is 57.8. The number of nitrogens with two attached hydrogens (primary N) is 2. The quantitative estimate of drug-likeness (QED) is 0.0179. The molecule has 0 saturated carbocycles. The lowest BCUT2D eigenvalue weighted by molar-refractivity contribution is -0.332. The Balaban J connectivity index is 1.53. The smallest absolute Gasteiger partial charge is 0.326 e. The number of carbonyl (C=O) groups excluding carboxylic acids is 2. The van der Waals surface area contributed by atoms with Crippen LogP contribution in [0.15, 0.2) is 41.4 Å². The molecule has 0 unspecified atom stereocenters. The molecule has 0 spiro atoms. The summed E-state index contributed by atoms with van der Waals surface area (Å²) in [6.45, 7) is 11.7. The number of aliphatic hydroxyl groups excluding tert-OH is 4. The molecule has 3 saturated heterocycles. The van der Waals surface area contributed by atoms with Crippen molar-refractivity contribution >= 4 is 23.7 Å². The van der Waals surface area contributed by atoms with Gasteiger partial charge in [-0.05, 0) is 39.0 Å². The van der Waals surface area contributed by atoms with Crippen molar-refractivity contribution in [3.8, 4) is 0 Å². The van der Waals surface area contributed by atoms with Crippen molar-refractivity contribution in [1.29, 1.82) is 0 Å². The van der Waals surface area contributed by atoms with Crippen LogP contribution in [0.1, 0.15) is 72.6 Å². The van der Waals surface area contributed by atoms with E-state index in [9.17, 15) is 39.9 Å². The lowest BCUT2D eigenvalue weighted by atomic mass is 9.72. The Labute approximate surface area is 339 Å². The van der Waals surface area contributed by atoms with E-state index in [0.717, 1.165) is 11.6 Å². The Bertz CT molecular complexity index is 1470. The number of aliphatic hydroxyl groups is 4. The summed E-state index contributed by atoms with van der Waals surface area (Å²) in [6.07, 6.45) is -2.74. The molecular weight excluding hydrogens is 762 g/mol. The van der Waals surface area contributed by atoms with Gasteiger partial charge < -0.3 is 76.1 Å². The molecule has 0 radical (unpaired) electrons. The van der Waals surface area contributed by atoms with Gasteiger partial charge in [0.05, 0.1) is 36.6 Å². The number of rotatable bonds is 21. The molecule has 2 amide bonds. The zero-order valence-corrected chi connectivity index (χ0v) is 34.3. The monoisotopic (exact) mass is 827 g/mol. The van der Waals surface area contributed by atoms with E-state index in [-0.39, 0.29) is 63.4 Å². The van der Waals surface area contributed by atoms with Crippen molar-refractivity contribution in [2.75, 3.05) is 27.6 Å². The van der Waals surface area contributed by atoms with Crippen LogP contribution < -0.4 is 22.1 Å². The van der Waals surface area contributed by atoms with Crippen LogP contribution in [0, 0.1) is 11.3 Å². The third-order valence-corrected chi connectivity index (χ3v) is 11.2. The molecular formula is C39H65N5O14. The number of hydrogen-bond acceptors (Lipinski definition) is 14. The highest BCUT2D eigenvalue weighted by molar-refractivity contribution is 5.91. The summed E-state index contributed by atoms with van der Waals surface area (Å²) < 4.78 is 35.7. The number of carboxylic acids is 1. The minimum Gasteiger partial charge on any atom is -0.480 e. The number of allylic oxidation sites excluding steroid dienone is 2. The molecule has 58 heavy (non-hydrogen) atoms. The van der Waals surface area contributed by atoms with E-state index in [0.29, 0.717) is 12.8 Å². The molecule has 0 aliphatic carbocycles. The molecule has 3 heterocycles. The minimum atomic E-state index is -1.74. The van der Waals surface area contributed by atoms with Crippen molar-refractivity contribution in [3.05, 3.63) is 36.5 Å². The number of fused-ring (bicyclic) bond motifs is 1. The fraction of sp³-hybridized carbons (Fsp3) is 0.744. The first kappa shape index (κ1) is 48.9. The normalized spacial score (nSPS) is 31.1. The Kier molecular flexibility index (Phi) is 18.7. The van der Waals surface area contributed by atoms with Gasteiger partial charge in [0, 0.05) is 51.0 Å². The van der Waals surface area contributed by atoms with Crippen molar-refractivity contribution in [2.45, 2.75) is 146 Å². The highest BCUT2D eigenvalue weighted by Crippen LogP contribution is 2.44. The molecule has 0 aromatic rings. The first-order valence-corrected chi connectivity index (χ1v) is 19.6. The number of ether oxygens (including phenoxy) is 6. The number of methoxy groups -OCH3 is 2. The highest BCUT2D eigenvalue weighted by Gasteiger charge is 2.57. The summed E-state index contributed by atoms with van der Waals surface area (Å²) in [5.41, 5.74) is 10.6. The second-order valence-corrected chi connectivity index (χ2v) is 15.7. The van der Waals surface area contributed by atoms with E-state index in [2.05, 4.69) is 22.2 Å². The summed E-state index contributed by atoms with van der Waals surface area (Å²) in [4.78, 5) is 41.0.